The van der Waals surface area contributed by atoms with Gasteiger partial charge in [-0.2, -0.15) is 0 Å². The highest BCUT2D eigenvalue weighted by molar-refractivity contribution is 5.84. The molecule has 0 saturated carbocycles. The number of nitrogens with zero attached hydrogens (tertiary/aromatic N) is 2. The van der Waals surface area contributed by atoms with Gasteiger partial charge in [-0.25, -0.2) is 4.79 Å². The lowest BCUT2D eigenvalue weighted by atomic mass is 10.1. The van der Waals surface area contributed by atoms with E-state index < -0.39 is 0 Å². The van der Waals surface area contributed by atoms with Crippen LogP contribution in [-0.4, -0.2) is 61.6 Å². The van der Waals surface area contributed by atoms with Crippen molar-refractivity contribution in [3.8, 4) is 0 Å². The van der Waals surface area contributed by atoms with Gasteiger partial charge in [0.1, 0.15) is 0 Å². The molecule has 0 aromatic heterocycles. The number of carbonyl (C=O) groups is 2. The molecule has 120 valence electrons. The van der Waals surface area contributed by atoms with E-state index in [1.54, 1.807) is 16.8 Å². The molecular weight excluding hydrogens is 282 g/mol. The quantitative estimate of drug-likeness (QED) is 0.910. The number of urea groups is 1. The molecule has 0 spiro atoms. The second-order valence-corrected chi connectivity index (χ2v) is 5.26. The highest BCUT2D eigenvalue weighted by Gasteiger charge is 2.28. The Balaban J connectivity index is 1.98. The molecule has 1 N–H and O–H groups in total. The smallest absolute Gasteiger partial charge is 0.318 e. The Morgan fingerprint density at radius 1 is 1.36 bits per heavy atom. The van der Waals surface area contributed by atoms with Crippen LogP contribution < -0.4 is 5.32 Å². The molecule has 1 fully saturated rings. The van der Waals surface area contributed by atoms with Crippen molar-refractivity contribution >= 4 is 11.9 Å². The molecule has 1 aromatic rings. The third-order valence-electron chi connectivity index (χ3n) is 3.86. The summed E-state index contributed by atoms with van der Waals surface area (Å²) in [6.07, 6.45) is 0. The van der Waals surface area contributed by atoms with Crippen molar-refractivity contribution < 1.29 is 14.3 Å². The van der Waals surface area contributed by atoms with E-state index in [1.807, 2.05) is 37.3 Å². The van der Waals surface area contributed by atoms with Crippen LogP contribution in [0.1, 0.15) is 18.5 Å². The second-order valence-electron chi connectivity index (χ2n) is 5.26. The van der Waals surface area contributed by atoms with Crippen molar-refractivity contribution in [1.29, 1.82) is 0 Å². The number of likely N-dealkylation sites (N-methyl/N-ethyl adjacent to an activating group) is 1. The molecule has 1 aliphatic rings. The van der Waals surface area contributed by atoms with E-state index in [1.165, 1.54) is 0 Å². The summed E-state index contributed by atoms with van der Waals surface area (Å²) in [6, 6.07) is 9.45. The van der Waals surface area contributed by atoms with E-state index in [4.69, 9.17) is 4.74 Å². The third-order valence-corrected chi connectivity index (χ3v) is 3.86. The Hall–Kier alpha value is -2.08. The molecule has 6 nitrogen and oxygen atoms in total. The average molecular weight is 305 g/mol. The van der Waals surface area contributed by atoms with Gasteiger partial charge >= 0.3 is 6.03 Å². The summed E-state index contributed by atoms with van der Waals surface area (Å²) < 4.78 is 5.50. The van der Waals surface area contributed by atoms with Crippen LogP contribution >= 0.6 is 0 Å². The number of morpholine rings is 1. The lowest BCUT2D eigenvalue weighted by Crippen LogP contribution is -2.50. The molecule has 0 unspecified atom stereocenters. The zero-order valence-corrected chi connectivity index (χ0v) is 13.1. The highest BCUT2D eigenvalue weighted by atomic mass is 16.5. The molecule has 0 radical (unpaired) electrons. The van der Waals surface area contributed by atoms with Gasteiger partial charge in [0.2, 0.25) is 5.91 Å². The van der Waals surface area contributed by atoms with Gasteiger partial charge in [-0.15, -0.1) is 0 Å². The summed E-state index contributed by atoms with van der Waals surface area (Å²) in [7, 11) is 1.72. The molecule has 6 heteroatoms. The first-order valence-corrected chi connectivity index (χ1v) is 7.54. The highest BCUT2D eigenvalue weighted by Crippen LogP contribution is 2.23. The van der Waals surface area contributed by atoms with Gasteiger partial charge in [-0.05, 0) is 12.5 Å². The fourth-order valence-electron chi connectivity index (χ4n) is 2.36. The van der Waals surface area contributed by atoms with Crippen LogP contribution in [0.15, 0.2) is 30.3 Å². The zero-order valence-electron chi connectivity index (χ0n) is 13.1. The third kappa shape index (κ3) is 3.98. The summed E-state index contributed by atoms with van der Waals surface area (Å²) in [5.74, 6) is -0.0969. The molecule has 0 bridgehead atoms. The van der Waals surface area contributed by atoms with Crippen LogP contribution in [0.3, 0.4) is 0 Å². The van der Waals surface area contributed by atoms with Crippen molar-refractivity contribution in [2.75, 3.05) is 39.9 Å². The zero-order chi connectivity index (χ0) is 15.9. The fourth-order valence-corrected chi connectivity index (χ4v) is 2.36. The van der Waals surface area contributed by atoms with Crippen molar-refractivity contribution in [1.82, 2.24) is 15.1 Å². The Kier molecular flexibility index (Phi) is 5.77. The van der Waals surface area contributed by atoms with Crippen LogP contribution in [-0.2, 0) is 9.53 Å². The van der Waals surface area contributed by atoms with Crippen molar-refractivity contribution in [3.05, 3.63) is 35.9 Å². The van der Waals surface area contributed by atoms with Crippen LogP contribution in [0.25, 0.3) is 0 Å². The molecule has 2 rings (SSSR count). The van der Waals surface area contributed by atoms with Gasteiger partial charge in [0.15, 0.2) is 0 Å². The molecule has 1 aliphatic heterocycles. The molecule has 0 aliphatic carbocycles. The van der Waals surface area contributed by atoms with E-state index in [2.05, 4.69) is 5.32 Å². The summed E-state index contributed by atoms with van der Waals surface area (Å²) in [6.45, 7) is 4.04. The maximum Gasteiger partial charge on any atom is 0.318 e. The van der Waals surface area contributed by atoms with Crippen molar-refractivity contribution in [2.24, 2.45) is 0 Å². The lowest BCUT2D eigenvalue weighted by Gasteiger charge is -2.35. The summed E-state index contributed by atoms with van der Waals surface area (Å²) in [4.78, 5) is 27.5. The summed E-state index contributed by atoms with van der Waals surface area (Å²) >= 11 is 0. The van der Waals surface area contributed by atoms with Crippen LogP contribution in [0.4, 0.5) is 4.79 Å². The van der Waals surface area contributed by atoms with Gasteiger partial charge in [0.05, 0.1) is 25.8 Å². The summed E-state index contributed by atoms with van der Waals surface area (Å²) in [5, 5.41) is 2.71. The largest absolute Gasteiger partial charge is 0.377 e. The van der Waals surface area contributed by atoms with Crippen LogP contribution in [0.2, 0.25) is 0 Å². The molecular formula is C16H23N3O3. The first-order valence-electron chi connectivity index (χ1n) is 7.54. The van der Waals surface area contributed by atoms with E-state index in [0.717, 1.165) is 5.56 Å². The minimum atomic E-state index is -0.227. The van der Waals surface area contributed by atoms with E-state index in [9.17, 15) is 9.59 Å². The molecule has 3 amide bonds. The molecule has 22 heavy (non-hydrogen) atoms. The number of rotatable bonds is 4. The number of ether oxygens (including phenoxy) is 1. The van der Waals surface area contributed by atoms with Gasteiger partial charge < -0.3 is 19.9 Å². The molecule has 1 aromatic carbocycles. The first kappa shape index (κ1) is 16.3. The number of hydrogen-bond acceptors (Lipinski definition) is 3. The average Bonchev–Trinajstić information content (AvgIpc) is 2.59. The van der Waals surface area contributed by atoms with E-state index in [0.29, 0.717) is 26.3 Å². The number of benzene rings is 1. The number of nitrogens with one attached hydrogen (secondary N) is 1. The maximum atomic E-state index is 12.4. The van der Waals surface area contributed by atoms with Gasteiger partial charge in [-0.3, -0.25) is 4.79 Å². The van der Waals surface area contributed by atoms with Gasteiger partial charge in [0.25, 0.3) is 0 Å². The van der Waals surface area contributed by atoms with E-state index in [-0.39, 0.29) is 24.5 Å². The Labute approximate surface area is 131 Å². The van der Waals surface area contributed by atoms with Gasteiger partial charge in [-0.1, -0.05) is 30.3 Å². The first-order chi connectivity index (χ1) is 10.6. The standard InChI is InChI=1S/C16H23N3O3/c1-3-18(2)15(20)11-17-16(21)19-9-10-22-12-14(19)13-7-5-4-6-8-13/h4-8,14H,3,9-12H2,1-2H3,(H,17,21)/t14-/m0/s1. The van der Waals surface area contributed by atoms with E-state index >= 15 is 0 Å². The monoisotopic (exact) mass is 305 g/mol. The second kappa shape index (κ2) is 7.79. The minimum Gasteiger partial charge on any atom is -0.377 e. The number of carbonyl (C=O) groups excluding carboxylic acids is 2. The maximum absolute atomic E-state index is 12.4. The number of amides is 3. The fraction of sp³-hybridized carbons (Fsp3) is 0.500. The topological polar surface area (TPSA) is 61.9 Å². The predicted molar refractivity (Wildman–Crippen MR) is 83.4 cm³/mol. The minimum absolute atomic E-state index is 0.0159. The van der Waals surface area contributed by atoms with Crippen molar-refractivity contribution in [2.45, 2.75) is 13.0 Å². The van der Waals surface area contributed by atoms with Crippen molar-refractivity contribution in [3.63, 3.8) is 0 Å². The molecule has 1 saturated heterocycles. The SMILES string of the molecule is CCN(C)C(=O)CNC(=O)N1CCOC[C@H]1c1ccccc1. The van der Waals surface area contributed by atoms with Crippen LogP contribution in [0.5, 0.6) is 0 Å². The normalized spacial score (nSPS) is 17.9. The van der Waals surface area contributed by atoms with Crippen LogP contribution in [0, 0.1) is 0 Å². The molecule has 1 heterocycles. The summed E-state index contributed by atoms with van der Waals surface area (Å²) in [5.41, 5.74) is 1.04. The Morgan fingerprint density at radius 3 is 2.77 bits per heavy atom. The number of hydrogen-bond donors (Lipinski definition) is 1. The Morgan fingerprint density at radius 2 is 2.09 bits per heavy atom. The Bertz CT molecular complexity index is 507. The molecule has 1 atom stereocenters. The predicted octanol–water partition coefficient (Wildman–Crippen LogP) is 1.25. The van der Waals surface area contributed by atoms with Gasteiger partial charge in [0, 0.05) is 20.1 Å². The lowest BCUT2D eigenvalue weighted by molar-refractivity contribution is -0.128.